The van der Waals surface area contributed by atoms with Gasteiger partial charge in [-0.2, -0.15) is 5.10 Å². The lowest BCUT2D eigenvalue weighted by Crippen LogP contribution is -2.32. The molecule has 1 atom stereocenters. The zero-order valence-electron chi connectivity index (χ0n) is 11.0. The smallest absolute Gasteiger partial charge is 0.0708 e. The molecule has 2 fully saturated rings. The van der Waals surface area contributed by atoms with Crippen LogP contribution in [0.1, 0.15) is 38.5 Å². The first-order chi connectivity index (χ1) is 8.86. The van der Waals surface area contributed by atoms with Crippen molar-refractivity contribution < 1.29 is 4.74 Å². The van der Waals surface area contributed by atoms with Crippen LogP contribution in [0.5, 0.6) is 0 Å². The van der Waals surface area contributed by atoms with Crippen LogP contribution in [0.2, 0.25) is 0 Å². The molecule has 0 aromatic carbocycles. The van der Waals surface area contributed by atoms with Gasteiger partial charge in [-0.15, -0.1) is 0 Å². The molecule has 4 nitrogen and oxygen atoms in total. The summed E-state index contributed by atoms with van der Waals surface area (Å²) in [6.45, 7) is 2.89. The third-order valence-electron chi connectivity index (χ3n) is 4.30. The van der Waals surface area contributed by atoms with Gasteiger partial charge in [0.05, 0.1) is 18.2 Å². The summed E-state index contributed by atoms with van der Waals surface area (Å²) >= 11 is 0. The molecule has 2 aliphatic rings. The van der Waals surface area contributed by atoms with E-state index in [9.17, 15) is 0 Å². The van der Waals surface area contributed by atoms with Crippen LogP contribution in [-0.2, 0) is 11.3 Å². The maximum Gasteiger partial charge on any atom is 0.0708 e. The summed E-state index contributed by atoms with van der Waals surface area (Å²) in [6, 6.07) is 1.96. The van der Waals surface area contributed by atoms with Crippen LogP contribution in [0.4, 0.5) is 0 Å². The second kappa shape index (κ2) is 5.41. The second-order valence-corrected chi connectivity index (χ2v) is 5.64. The van der Waals surface area contributed by atoms with Crippen LogP contribution in [0, 0.1) is 0 Å². The molecule has 3 rings (SSSR count). The lowest BCUT2D eigenvalue weighted by atomic mass is 9.98. The minimum atomic E-state index is 0.272. The predicted molar refractivity (Wildman–Crippen MR) is 70.4 cm³/mol. The average molecular weight is 249 g/mol. The fourth-order valence-electron chi connectivity index (χ4n) is 3.32. The van der Waals surface area contributed by atoms with Gasteiger partial charge in [0.1, 0.15) is 0 Å². The van der Waals surface area contributed by atoms with Gasteiger partial charge in [-0.1, -0.05) is 12.8 Å². The molecule has 1 aromatic rings. The third-order valence-corrected chi connectivity index (χ3v) is 4.30. The topological polar surface area (TPSA) is 39.1 Å². The standard InChI is InChI=1S/C14H23N3O/c1-2-6-14(5-1)7-4-13(18-14)12-15-9-11-17-10-3-8-16-17/h3,8,10,13,15H,1-2,4-7,9,11-12H2. The molecule has 0 radical (unpaired) electrons. The summed E-state index contributed by atoms with van der Waals surface area (Å²) in [5, 5.41) is 7.68. The Morgan fingerprint density at radius 2 is 2.22 bits per heavy atom. The van der Waals surface area contributed by atoms with Crippen molar-refractivity contribution in [3.05, 3.63) is 18.5 Å². The molecule has 1 aliphatic heterocycles. The SMILES string of the molecule is c1cnn(CCNCC2CCC3(CCCC3)O2)c1. The van der Waals surface area contributed by atoms with E-state index in [-0.39, 0.29) is 5.60 Å². The minimum absolute atomic E-state index is 0.272. The van der Waals surface area contributed by atoms with Crippen molar-refractivity contribution in [3.8, 4) is 0 Å². The second-order valence-electron chi connectivity index (χ2n) is 5.64. The van der Waals surface area contributed by atoms with Gasteiger partial charge in [-0.3, -0.25) is 4.68 Å². The van der Waals surface area contributed by atoms with E-state index in [0.717, 1.165) is 19.6 Å². The van der Waals surface area contributed by atoms with E-state index in [4.69, 9.17) is 4.74 Å². The van der Waals surface area contributed by atoms with Gasteiger partial charge in [0.15, 0.2) is 0 Å². The fourth-order valence-corrected chi connectivity index (χ4v) is 3.32. The van der Waals surface area contributed by atoms with Crippen LogP contribution in [-0.4, -0.2) is 34.6 Å². The molecule has 1 saturated heterocycles. The van der Waals surface area contributed by atoms with Crippen molar-refractivity contribution in [2.45, 2.75) is 56.8 Å². The number of hydrogen-bond donors (Lipinski definition) is 1. The Hall–Kier alpha value is -0.870. The lowest BCUT2D eigenvalue weighted by molar-refractivity contribution is -0.0350. The van der Waals surface area contributed by atoms with E-state index in [2.05, 4.69) is 10.4 Å². The predicted octanol–water partition coefficient (Wildman–Crippen LogP) is 1.96. The number of nitrogens with one attached hydrogen (secondary N) is 1. The van der Waals surface area contributed by atoms with Crippen LogP contribution >= 0.6 is 0 Å². The van der Waals surface area contributed by atoms with E-state index < -0.39 is 0 Å². The highest BCUT2D eigenvalue weighted by Gasteiger charge is 2.41. The molecule has 1 saturated carbocycles. The summed E-state index contributed by atoms with van der Waals surface area (Å²) in [7, 11) is 0. The Bertz CT molecular complexity index is 357. The van der Waals surface area contributed by atoms with Crippen molar-refractivity contribution in [2.75, 3.05) is 13.1 Å². The van der Waals surface area contributed by atoms with E-state index >= 15 is 0 Å². The quantitative estimate of drug-likeness (QED) is 0.811. The maximum absolute atomic E-state index is 6.26. The Balaban J connectivity index is 1.34. The van der Waals surface area contributed by atoms with Gasteiger partial charge in [0.2, 0.25) is 0 Å². The molecule has 2 heterocycles. The Labute approximate surface area is 109 Å². The Morgan fingerprint density at radius 3 is 3.00 bits per heavy atom. The van der Waals surface area contributed by atoms with Gasteiger partial charge in [-0.05, 0) is 31.7 Å². The minimum Gasteiger partial charge on any atom is -0.370 e. The van der Waals surface area contributed by atoms with Gasteiger partial charge in [-0.25, -0.2) is 0 Å². The summed E-state index contributed by atoms with van der Waals surface area (Å²) in [5.74, 6) is 0. The first-order valence-corrected chi connectivity index (χ1v) is 7.22. The number of hydrogen-bond acceptors (Lipinski definition) is 3. The van der Waals surface area contributed by atoms with Crippen LogP contribution < -0.4 is 5.32 Å². The molecular formula is C14H23N3O. The van der Waals surface area contributed by atoms with Crippen LogP contribution in [0.15, 0.2) is 18.5 Å². The molecule has 1 spiro atoms. The monoisotopic (exact) mass is 249 g/mol. The van der Waals surface area contributed by atoms with Crippen LogP contribution in [0.3, 0.4) is 0 Å². The molecule has 1 unspecified atom stereocenters. The van der Waals surface area contributed by atoms with Crippen molar-refractivity contribution >= 4 is 0 Å². The maximum atomic E-state index is 6.26. The normalized spacial score (nSPS) is 26.1. The Kier molecular flexibility index (Phi) is 3.66. The van der Waals surface area contributed by atoms with E-state index in [1.165, 1.54) is 38.5 Å². The van der Waals surface area contributed by atoms with E-state index in [0.29, 0.717) is 6.10 Å². The fraction of sp³-hybridized carbons (Fsp3) is 0.786. The number of ether oxygens (including phenoxy) is 1. The van der Waals surface area contributed by atoms with Crippen molar-refractivity contribution in [1.29, 1.82) is 0 Å². The lowest BCUT2D eigenvalue weighted by Gasteiger charge is -2.23. The van der Waals surface area contributed by atoms with Gasteiger partial charge in [0, 0.05) is 25.5 Å². The molecule has 1 N–H and O–H groups in total. The van der Waals surface area contributed by atoms with Crippen molar-refractivity contribution in [2.24, 2.45) is 0 Å². The first-order valence-electron chi connectivity index (χ1n) is 7.22. The first kappa shape index (κ1) is 12.2. The van der Waals surface area contributed by atoms with E-state index in [1.807, 2.05) is 23.1 Å². The molecule has 18 heavy (non-hydrogen) atoms. The Morgan fingerprint density at radius 1 is 1.33 bits per heavy atom. The summed E-state index contributed by atoms with van der Waals surface area (Å²) in [5.41, 5.74) is 0.272. The zero-order valence-corrected chi connectivity index (χ0v) is 11.0. The molecule has 1 aromatic heterocycles. The van der Waals surface area contributed by atoms with Crippen LogP contribution in [0.25, 0.3) is 0 Å². The largest absolute Gasteiger partial charge is 0.370 e. The summed E-state index contributed by atoms with van der Waals surface area (Å²) < 4.78 is 8.22. The van der Waals surface area contributed by atoms with Gasteiger partial charge < -0.3 is 10.1 Å². The molecule has 4 heteroatoms. The molecule has 100 valence electrons. The number of rotatable bonds is 5. The molecule has 0 amide bonds. The molecule has 1 aliphatic carbocycles. The van der Waals surface area contributed by atoms with Crippen molar-refractivity contribution in [1.82, 2.24) is 15.1 Å². The highest BCUT2D eigenvalue weighted by molar-refractivity contribution is 4.93. The average Bonchev–Trinajstić information content (AvgIpc) is 3.10. The zero-order chi connectivity index (χ0) is 12.3. The van der Waals surface area contributed by atoms with Crippen molar-refractivity contribution in [3.63, 3.8) is 0 Å². The number of nitrogens with zero attached hydrogens (tertiary/aromatic N) is 2. The molecule has 0 bridgehead atoms. The summed E-state index contributed by atoms with van der Waals surface area (Å²) in [6.07, 6.45) is 12.1. The highest BCUT2D eigenvalue weighted by atomic mass is 16.5. The van der Waals surface area contributed by atoms with E-state index in [1.54, 1.807) is 0 Å². The molecular weight excluding hydrogens is 226 g/mol. The van der Waals surface area contributed by atoms with Gasteiger partial charge >= 0.3 is 0 Å². The summed E-state index contributed by atoms with van der Waals surface area (Å²) in [4.78, 5) is 0. The third kappa shape index (κ3) is 2.75. The number of aromatic nitrogens is 2. The highest BCUT2D eigenvalue weighted by Crippen LogP contribution is 2.43. The van der Waals surface area contributed by atoms with Gasteiger partial charge in [0.25, 0.3) is 0 Å².